The van der Waals surface area contributed by atoms with Crippen LogP contribution in [0.15, 0.2) is 18.2 Å². The largest absolute Gasteiger partial charge is 0.493 e. The summed E-state index contributed by atoms with van der Waals surface area (Å²) in [6.07, 6.45) is 2.42. The highest BCUT2D eigenvalue weighted by Gasteiger charge is 2.21. The topological polar surface area (TPSA) is 59.6 Å². The number of benzene rings is 1. The van der Waals surface area contributed by atoms with Crippen LogP contribution in [-0.4, -0.2) is 39.3 Å². The fourth-order valence-corrected chi connectivity index (χ4v) is 2.67. The molecule has 0 bridgehead atoms. The van der Waals surface area contributed by atoms with Crippen molar-refractivity contribution in [1.29, 1.82) is 0 Å². The first-order valence-electron chi connectivity index (χ1n) is 7.39. The molecule has 1 saturated heterocycles. The van der Waals surface area contributed by atoms with Crippen molar-refractivity contribution in [2.45, 2.75) is 25.8 Å². The second-order valence-electron chi connectivity index (χ2n) is 5.46. The SMILES string of the molecule is COc1ccc(C(=O)NCC2NCCCC2C)cc1OC. The molecule has 1 aliphatic rings. The molecule has 2 rings (SSSR count). The summed E-state index contributed by atoms with van der Waals surface area (Å²) in [6, 6.07) is 5.54. The smallest absolute Gasteiger partial charge is 0.251 e. The van der Waals surface area contributed by atoms with Crippen LogP contribution in [0.2, 0.25) is 0 Å². The van der Waals surface area contributed by atoms with Crippen molar-refractivity contribution in [2.75, 3.05) is 27.3 Å². The molecule has 1 amide bonds. The molecule has 21 heavy (non-hydrogen) atoms. The normalized spacial score (nSPS) is 21.7. The Morgan fingerprint density at radius 3 is 2.76 bits per heavy atom. The first kappa shape index (κ1) is 15.6. The molecule has 0 aromatic heterocycles. The molecule has 0 saturated carbocycles. The minimum atomic E-state index is -0.0875. The molecule has 116 valence electrons. The number of piperidine rings is 1. The number of hydrogen-bond acceptors (Lipinski definition) is 4. The molecule has 0 aliphatic carbocycles. The molecule has 0 radical (unpaired) electrons. The maximum absolute atomic E-state index is 12.2. The van der Waals surface area contributed by atoms with Crippen molar-refractivity contribution < 1.29 is 14.3 Å². The van der Waals surface area contributed by atoms with Crippen molar-refractivity contribution in [3.05, 3.63) is 23.8 Å². The molecule has 2 atom stereocenters. The average Bonchev–Trinajstić information content (AvgIpc) is 2.53. The minimum Gasteiger partial charge on any atom is -0.493 e. The van der Waals surface area contributed by atoms with Gasteiger partial charge in [0.2, 0.25) is 0 Å². The highest BCUT2D eigenvalue weighted by molar-refractivity contribution is 5.94. The zero-order chi connectivity index (χ0) is 15.2. The van der Waals surface area contributed by atoms with Crippen LogP contribution in [0.4, 0.5) is 0 Å². The van der Waals surface area contributed by atoms with Gasteiger partial charge in [-0.15, -0.1) is 0 Å². The van der Waals surface area contributed by atoms with Gasteiger partial charge in [-0.2, -0.15) is 0 Å². The average molecular weight is 292 g/mol. The Morgan fingerprint density at radius 2 is 2.10 bits per heavy atom. The van der Waals surface area contributed by atoms with Gasteiger partial charge < -0.3 is 20.1 Å². The molecular weight excluding hydrogens is 268 g/mol. The number of rotatable bonds is 5. The van der Waals surface area contributed by atoms with Crippen LogP contribution in [0.5, 0.6) is 11.5 Å². The third-order valence-electron chi connectivity index (χ3n) is 4.06. The lowest BCUT2D eigenvalue weighted by atomic mass is 9.93. The molecule has 2 unspecified atom stereocenters. The summed E-state index contributed by atoms with van der Waals surface area (Å²) in [7, 11) is 3.14. The number of carbonyl (C=O) groups is 1. The van der Waals surface area contributed by atoms with E-state index >= 15 is 0 Å². The number of carbonyl (C=O) groups excluding carboxylic acids is 1. The summed E-state index contributed by atoms with van der Waals surface area (Å²) in [5, 5.41) is 6.45. The zero-order valence-electron chi connectivity index (χ0n) is 12.9. The van der Waals surface area contributed by atoms with Crippen molar-refractivity contribution in [1.82, 2.24) is 10.6 Å². The van der Waals surface area contributed by atoms with E-state index in [9.17, 15) is 4.79 Å². The Kier molecular flexibility index (Phi) is 5.44. The highest BCUT2D eigenvalue weighted by atomic mass is 16.5. The van der Waals surface area contributed by atoms with Crippen LogP contribution < -0.4 is 20.1 Å². The fourth-order valence-electron chi connectivity index (χ4n) is 2.67. The minimum absolute atomic E-state index is 0.0875. The van der Waals surface area contributed by atoms with Crippen molar-refractivity contribution in [3.8, 4) is 11.5 Å². The van der Waals surface area contributed by atoms with Crippen molar-refractivity contribution >= 4 is 5.91 Å². The van der Waals surface area contributed by atoms with E-state index in [1.165, 1.54) is 12.8 Å². The number of hydrogen-bond donors (Lipinski definition) is 2. The van der Waals surface area contributed by atoms with Gasteiger partial charge in [-0.1, -0.05) is 6.92 Å². The van der Waals surface area contributed by atoms with Crippen molar-refractivity contribution in [3.63, 3.8) is 0 Å². The third-order valence-corrected chi connectivity index (χ3v) is 4.06. The first-order chi connectivity index (χ1) is 10.2. The van der Waals surface area contributed by atoms with Crippen LogP contribution >= 0.6 is 0 Å². The second-order valence-corrected chi connectivity index (χ2v) is 5.46. The molecule has 1 fully saturated rings. The first-order valence-corrected chi connectivity index (χ1v) is 7.39. The Balaban J connectivity index is 1.96. The quantitative estimate of drug-likeness (QED) is 0.869. The monoisotopic (exact) mass is 292 g/mol. The lowest BCUT2D eigenvalue weighted by molar-refractivity contribution is 0.0943. The fraction of sp³-hybridized carbons (Fsp3) is 0.562. The third kappa shape index (κ3) is 3.88. The maximum atomic E-state index is 12.2. The summed E-state index contributed by atoms with van der Waals surface area (Å²) in [5.74, 6) is 1.69. The van der Waals surface area contributed by atoms with E-state index in [0.717, 1.165) is 6.54 Å². The summed E-state index contributed by atoms with van der Waals surface area (Å²) in [5.41, 5.74) is 0.580. The summed E-state index contributed by atoms with van der Waals surface area (Å²) < 4.78 is 10.4. The number of methoxy groups -OCH3 is 2. The van der Waals surface area contributed by atoms with E-state index in [1.807, 2.05) is 0 Å². The summed E-state index contributed by atoms with van der Waals surface area (Å²) in [4.78, 5) is 12.2. The summed E-state index contributed by atoms with van der Waals surface area (Å²) in [6.45, 7) is 3.90. The van der Waals surface area contributed by atoms with Crippen LogP contribution in [0, 0.1) is 5.92 Å². The lowest BCUT2D eigenvalue weighted by Crippen LogP contribution is -2.47. The Hall–Kier alpha value is -1.75. The van der Waals surface area contributed by atoms with E-state index < -0.39 is 0 Å². The van der Waals surface area contributed by atoms with E-state index in [2.05, 4.69) is 17.6 Å². The molecule has 5 nitrogen and oxygen atoms in total. The molecule has 0 spiro atoms. The van der Waals surface area contributed by atoms with Crippen molar-refractivity contribution in [2.24, 2.45) is 5.92 Å². The zero-order valence-corrected chi connectivity index (χ0v) is 12.9. The standard InChI is InChI=1S/C16H24N2O3/c1-11-5-4-8-17-13(11)10-18-16(19)12-6-7-14(20-2)15(9-12)21-3/h6-7,9,11,13,17H,4-5,8,10H2,1-3H3,(H,18,19). The van der Waals surface area contributed by atoms with Gasteiger partial charge in [-0.3, -0.25) is 4.79 Å². The van der Waals surface area contributed by atoms with Gasteiger partial charge in [-0.05, 0) is 43.5 Å². The maximum Gasteiger partial charge on any atom is 0.251 e. The van der Waals surface area contributed by atoms with Crippen LogP contribution in [0.3, 0.4) is 0 Å². The molecular formula is C16H24N2O3. The van der Waals surface area contributed by atoms with E-state index in [1.54, 1.807) is 32.4 Å². The highest BCUT2D eigenvalue weighted by Crippen LogP contribution is 2.27. The van der Waals surface area contributed by atoms with Crippen LogP contribution in [0.1, 0.15) is 30.1 Å². The number of ether oxygens (including phenoxy) is 2. The van der Waals surface area contributed by atoms with Gasteiger partial charge in [-0.25, -0.2) is 0 Å². The number of nitrogens with one attached hydrogen (secondary N) is 2. The molecule has 1 aromatic carbocycles. The van der Waals surface area contributed by atoms with Gasteiger partial charge in [0, 0.05) is 18.2 Å². The van der Waals surface area contributed by atoms with Crippen LogP contribution in [-0.2, 0) is 0 Å². The van der Waals surface area contributed by atoms with Crippen LogP contribution in [0.25, 0.3) is 0 Å². The van der Waals surface area contributed by atoms with E-state index in [-0.39, 0.29) is 5.91 Å². The predicted molar refractivity (Wildman–Crippen MR) is 82.1 cm³/mol. The van der Waals surface area contributed by atoms with Gasteiger partial charge >= 0.3 is 0 Å². The molecule has 1 aromatic rings. The number of amides is 1. The Labute approximate surface area is 126 Å². The van der Waals surface area contributed by atoms with Gasteiger partial charge in [0.25, 0.3) is 5.91 Å². The molecule has 2 N–H and O–H groups in total. The Bertz CT molecular complexity index is 490. The molecule has 1 aliphatic heterocycles. The van der Waals surface area contributed by atoms with Gasteiger partial charge in [0.1, 0.15) is 0 Å². The molecule has 1 heterocycles. The van der Waals surface area contributed by atoms with Gasteiger partial charge in [0.05, 0.1) is 14.2 Å². The lowest BCUT2D eigenvalue weighted by Gasteiger charge is -2.30. The van der Waals surface area contributed by atoms with E-state index in [4.69, 9.17) is 9.47 Å². The summed E-state index contributed by atoms with van der Waals surface area (Å²) >= 11 is 0. The predicted octanol–water partition coefficient (Wildman–Crippen LogP) is 1.82. The second kappa shape index (κ2) is 7.31. The van der Waals surface area contributed by atoms with E-state index in [0.29, 0.717) is 35.6 Å². The van der Waals surface area contributed by atoms with Gasteiger partial charge in [0.15, 0.2) is 11.5 Å². The Morgan fingerprint density at radius 1 is 1.33 bits per heavy atom. The molecule has 5 heteroatoms.